The predicted molar refractivity (Wildman–Crippen MR) is 115 cm³/mol. The first-order valence-corrected chi connectivity index (χ1v) is 10.9. The van der Waals surface area contributed by atoms with Crippen molar-refractivity contribution in [2.75, 3.05) is 45.9 Å². The van der Waals surface area contributed by atoms with Crippen molar-refractivity contribution in [2.45, 2.75) is 38.6 Å². The topological polar surface area (TPSA) is 50.6 Å². The summed E-state index contributed by atoms with van der Waals surface area (Å²) in [4.78, 5) is 18.1. The predicted octanol–water partition coefficient (Wildman–Crippen LogP) is 3.21. The molecule has 1 aromatic carbocycles. The lowest BCUT2D eigenvalue weighted by molar-refractivity contribution is -0.134. The number of carbonyl (C=O) groups excluding carboxylic acids is 1. The third kappa shape index (κ3) is 6.41. The van der Waals surface area contributed by atoms with E-state index in [1.165, 1.54) is 12.8 Å². The fourth-order valence-electron chi connectivity index (χ4n) is 3.80. The minimum absolute atomic E-state index is 0.129. The Balaban J connectivity index is 1.74. The molecule has 0 saturated carbocycles. The summed E-state index contributed by atoms with van der Waals surface area (Å²) in [6.45, 7) is 8.10. The molecular formula is C23H34N4O2. The Morgan fingerprint density at radius 3 is 2.59 bits per heavy atom. The van der Waals surface area contributed by atoms with E-state index in [0.717, 1.165) is 64.3 Å². The zero-order valence-electron chi connectivity index (χ0n) is 17.6. The fourth-order valence-corrected chi connectivity index (χ4v) is 3.80. The van der Waals surface area contributed by atoms with Crippen molar-refractivity contribution in [1.29, 1.82) is 0 Å². The van der Waals surface area contributed by atoms with Crippen molar-refractivity contribution in [3.8, 4) is 0 Å². The Morgan fingerprint density at radius 1 is 1.10 bits per heavy atom. The average molecular weight is 399 g/mol. The molecule has 0 N–H and O–H groups in total. The van der Waals surface area contributed by atoms with E-state index in [1.54, 1.807) is 10.9 Å². The molecule has 0 bridgehead atoms. The molecule has 3 rings (SSSR count). The van der Waals surface area contributed by atoms with Gasteiger partial charge in [0.15, 0.2) is 6.04 Å². The number of rotatable bonds is 11. The zero-order valence-corrected chi connectivity index (χ0v) is 17.6. The average Bonchev–Trinajstić information content (AvgIpc) is 3.29. The van der Waals surface area contributed by atoms with E-state index in [0.29, 0.717) is 0 Å². The van der Waals surface area contributed by atoms with Crippen LogP contribution in [-0.2, 0) is 9.53 Å². The third-order valence-corrected chi connectivity index (χ3v) is 5.52. The first-order valence-electron chi connectivity index (χ1n) is 10.9. The lowest BCUT2D eigenvalue weighted by Crippen LogP contribution is -2.45. The quantitative estimate of drug-likeness (QED) is 0.546. The number of ether oxygens (including phenoxy) is 1. The highest BCUT2D eigenvalue weighted by atomic mass is 16.5. The normalized spacial score (nSPS) is 15.9. The molecule has 1 amide bonds. The van der Waals surface area contributed by atoms with Gasteiger partial charge in [-0.3, -0.25) is 14.4 Å². The molecule has 29 heavy (non-hydrogen) atoms. The van der Waals surface area contributed by atoms with E-state index in [1.807, 2.05) is 47.5 Å². The van der Waals surface area contributed by atoms with Crippen LogP contribution in [0.2, 0.25) is 0 Å². The molecule has 1 aliphatic rings. The Kier molecular flexibility index (Phi) is 8.71. The van der Waals surface area contributed by atoms with Gasteiger partial charge >= 0.3 is 0 Å². The van der Waals surface area contributed by atoms with Crippen LogP contribution in [0.5, 0.6) is 0 Å². The minimum Gasteiger partial charge on any atom is -0.379 e. The molecule has 158 valence electrons. The summed E-state index contributed by atoms with van der Waals surface area (Å²) < 4.78 is 7.24. The highest BCUT2D eigenvalue weighted by Gasteiger charge is 2.28. The number of nitrogens with zero attached hydrogens (tertiary/aromatic N) is 4. The molecule has 2 heterocycles. The third-order valence-electron chi connectivity index (χ3n) is 5.52. The maximum atomic E-state index is 13.7. The van der Waals surface area contributed by atoms with Crippen LogP contribution in [-0.4, -0.2) is 71.4 Å². The number of aromatic nitrogens is 2. The van der Waals surface area contributed by atoms with Crippen LogP contribution in [0.4, 0.5) is 0 Å². The van der Waals surface area contributed by atoms with Crippen molar-refractivity contribution in [3.63, 3.8) is 0 Å². The number of benzene rings is 1. The number of hydrogen-bond donors (Lipinski definition) is 0. The van der Waals surface area contributed by atoms with Gasteiger partial charge < -0.3 is 9.64 Å². The van der Waals surface area contributed by atoms with Crippen LogP contribution in [0.3, 0.4) is 0 Å². The summed E-state index contributed by atoms with van der Waals surface area (Å²) in [6, 6.07) is 11.4. The molecule has 1 atom stereocenters. The smallest absolute Gasteiger partial charge is 0.252 e. The number of hydrogen-bond acceptors (Lipinski definition) is 4. The second-order valence-corrected chi connectivity index (χ2v) is 7.64. The van der Waals surface area contributed by atoms with Crippen LogP contribution >= 0.6 is 0 Å². The molecule has 0 aliphatic carbocycles. The van der Waals surface area contributed by atoms with E-state index in [9.17, 15) is 4.79 Å². The van der Waals surface area contributed by atoms with Crippen molar-refractivity contribution < 1.29 is 9.53 Å². The number of unbranched alkanes of at least 4 members (excludes halogenated alkanes) is 3. The molecule has 0 radical (unpaired) electrons. The van der Waals surface area contributed by atoms with Crippen molar-refractivity contribution >= 4 is 5.91 Å². The minimum atomic E-state index is -0.415. The van der Waals surface area contributed by atoms with Crippen molar-refractivity contribution in [3.05, 3.63) is 54.4 Å². The first kappa shape index (κ1) is 21.5. The molecule has 1 aromatic heterocycles. The molecule has 1 saturated heterocycles. The van der Waals surface area contributed by atoms with Crippen LogP contribution in [0.15, 0.2) is 48.8 Å². The Labute approximate surface area is 174 Å². The maximum absolute atomic E-state index is 13.7. The molecule has 0 spiro atoms. The largest absolute Gasteiger partial charge is 0.379 e. The van der Waals surface area contributed by atoms with Gasteiger partial charge in [0.1, 0.15) is 0 Å². The number of amides is 1. The fraction of sp³-hybridized carbons (Fsp3) is 0.565. The van der Waals surface area contributed by atoms with E-state index in [4.69, 9.17) is 4.74 Å². The molecule has 6 nitrogen and oxygen atoms in total. The van der Waals surface area contributed by atoms with E-state index >= 15 is 0 Å². The first-order chi connectivity index (χ1) is 14.3. The summed E-state index contributed by atoms with van der Waals surface area (Å²) in [5.41, 5.74) is 0.978. The van der Waals surface area contributed by atoms with Crippen molar-refractivity contribution in [1.82, 2.24) is 19.6 Å². The highest BCUT2D eigenvalue weighted by Crippen LogP contribution is 2.21. The Hall–Kier alpha value is -2.18. The van der Waals surface area contributed by atoms with Gasteiger partial charge in [0.2, 0.25) is 0 Å². The van der Waals surface area contributed by atoms with Crippen molar-refractivity contribution in [2.24, 2.45) is 0 Å². The van der Waals surface area contributed by atoms with Gasteiger partial charge in [-0.2, -0.15) is 5.10 Å². The van der Waals surface area contributed by atoms with Gasteiger partial charge in [-0.15, -0.1) is 0 Å². The molecule has 2 aromatic rings. The van der Waals surface area contributed by atoms with Gasteiger partial charge in [0.25, 0.3) is 5.91 Å². The van der Waals surface area contributed by atoms with E-state index < -0.39 is 6.04 Å². The SMILES string of the molecule is CCCCCCN(CCN1CCOCC1)C(=O)C(c1ccccc1)n1cccn1. The standard InChI is InChI=1S/C23H34N4O2/c1-2-3-4-8-13-26(16-15-25-17-19-29-20-18-25)23(28)22(27-14-9-12-24-27)21-10-6-5-7-11-21/h5-7,9-12,14,22H,2-4,8,13,15-20H2,1H3. The number of morpholine rings is 1. The maximum Gasteiger partial charge on any atom is 0.252 e. The molecule has 1 fully saturated rings. The van der Waals surface area contributed by atoms with Gasteiger partial charge in [-0.1, -0.05) is 56.5 Å². The van der Waals surface area contributed by atoms with E-state index in [-0.39, 0.29) is 5.91 Å². The van der Waals surface area contributed by atoms with Gasteiger partial charge in [-0.25, -0.2) is 0 Å². The zero-order chi connectivity index (χ0) is 20.3. The van der Waals surface area contributed by atoms with Crippen LogP contribution in [0.1, 0.15) is 44.2 Å². The second-order valence-electron chi connectivity index (χ2n) is 7.64. The van der Waals surface area contributed by atoms with Crippen LogP contribution in [0.25, 0.3) is 0 Å². The second kappa shape index (κ2) is 11.7. The highest BCUT2D eigenvalue weighted by molar-refractivity contribution is 5.83. The molecule has 1 aliphatic heterocycles. The summed E-state index contributed by atoms with van der Waals surface area (Å²) in [7, 11) is 0. The summed E-state index contributed by atoms with van der Waals surface area (Å²) in [5.74, 6) is 0.129. The Bertz CT molecular complexity index is 699. The lowest BCUT2D eigenvalue weighted by atomic mass is 10.1. The van der Waals surface area contributed by atoms with E-state index in [2.05, 4.69) is 16.9 Å². The van der Waals surface area contributed by atoms with Gasteiger partial charge in [0, 0.05) is 45.1 Å². The van der Waals surface area contributed by atoms with Gasteiger partial charge in [0.05, 0.1) is 13.2 Å². The monoisotopic (exact) mass is 398 g/mol. The molecule has 1 unspecified atom stereocenters. The summed E-state index contributed by atoms with van der Waals surface area (Å²) >= 11 is 0. The Morgan fingerprint density at radius 2 is 1.90 bits per heavy atom. The molecule has 6 heteroatoms. The summed E-state index contributed by atoms with van der Waals surface area (Å²) in [5, 5.41) is 4.40. The lowest BCUT2D eigenvalue weighted by Gasteiger charge is -2.32. The van der Waals surface area contributed by atoms with Crippen LogP contribution in [0, 0.1) is 0 Å². The molecular weight excluding hydrogens is 364 g/mol. The summed E-state index contributed by atoms with van der Waals surface area (Å²) in [6.07, 6.45) is 8.24. The van der Waals surface area contributed by atoms with Crippen LogP contribution < -0.4 is 0 Å². The van der Waals surface area contributed by atoms with Gasteiger partial charge in [-0.05, 0) is 18.1 Å². The number of carbonyl (C=O) groups is 1.